The van der Waals surface area contributed by atoms with Gasteiger partial charge in [-0.15, -0.1) is 11.3 Å². The fourth-order valence-corrected chi connectivity index (χ4v) is 3.62. The van der Waals surface area contributed by atoms with Crippen molar-refractivity contribution in [2.24, 2.45) is 0 Å². The van der Waals surface area contributed by atoms with E-state index in [1.54, 1.807) is 6.20 Å². The average Bonchev–Trinajstić information content (AvgIpc) is 3.16. The normalized spacial score (nSPS) is 17.1. The van der Waals surface area contributed by atoms with Crippen LogP contribution in [0.2, 0.25) is 0 Å². The average molecular weight is 331 g/mol. The summed E-state index contributed by atoms with van der Waals surface area (Å²) in [6.45, 7) is 3.61. The van der Waals surface area contributed by atoms with Crippen LogP contribution in [0.15, 0.2) is 24.4 Å². The molecule has 0 aliphatic carbocycles. The minimum absolute atomic E-state index is 0.0678. The summed E-state index contributed by atoms with van der Waals surface area (Å²) in [5, 5.41) is 4.13. The number of aromatic nitrogens is 1. The predicted molar refractivity (Wildman–Crippen MR) is 87.1 cm³/mol. The zero-order valence-corrected chi connectivity index (χ0v) is 13.4. The van der Waals surface area contributed by atoms with Crippen LogP contribution in [0.1, 0.15) is 16.1 Å². The van der Waals surface area contributed by atoms with E-state index in [4.69, 9.17) is 9.47 Å². The number of hydrogen-bond donors (Lipinski definition) is 1. The van der Waals surface area contributed by atoms with Gasteiger partial charge in [0.15, 0.2) is 11.5 Å². The highest BCUT2D eigenvalue weighted by Crippen LogP contribution is 2.37. The Morgan fingerprint density at radius 1 is 1.22 bits per heavy atom. The minimum Gasteiger partial charge on any atom is -0.454 e. The van der Waals surface area contributed by atoms with E-state index in [1.807, 2.05) is 23.1 Å². The van der Waals surface area contributed by atoms with E-state index in [0.29, 0.717) is 4.88 Å². The maximum Gasteiger partial charge on any atom is 0.265 e. The quantitative estimate of drug-likeness (QED) is 0.911. The molecule has 0 radical (unpaired) electrons. The number of carbonyl (C=O) groups is 1. The van der Waals surface area contributed by atoms with Gasteiger partial charge >= 0.3 is 0 Å². The van der Waals surface area contributed by atoms with Crippen molar-refractivity contribution in [1.29, 1.82) is 0 Å². The molecule has 2 aliphatic rings. The molecule has 0 saturated carbocycles. The SMILES string of the molecule is O=C(c1cnc(-c2ccc3c(c2)OCO3)s1)N1CCCNCC1. The van der Waals surface area contributed by atoms with Crippen LogP contribution in [-0.4, -0.2) is 48.8 Å². The van der Waals surface area contributed by atoms with E-state index in [0.717, 1.165) is 54.7 Å². The van der Waals surface area contributed by atoms with Crippen molar-refractivity contribution >= 4 is 17.2 Å². The highest BCUT2D eigenvalue weighted by molar-refractivity contribution is 7.16. The lowest BCUT2D eigenvalue weighted by Crippen LogP contribution is -2.33. The predicted octanol–water partition coefficient (Wildman–Crippen LogP) is 1.97. The summed E-state index contributed by atoms with van der Waals surface area (Å²) >= 11 is 1.42. The molecule has 4 rings (SSSR count). The first kappa shape index (κ1) is 14.5. The molecule has 0 atom stereocenters. The largest absolute Gasteiger partial charge is 0.454 e. The molecular weight excluding hydrogens is 314 g/mol. The van der Waals surface area contributed by atoms with Crippen molar-refractivity contribution in [1.82, 2.24) is 15.2 Å². The Morgan fingerprint density at radius 2 is 2.13 bits per heavy atom. The molecule has 0 unspecified atom stereocenters. The molecule has 3 heterocycles. The van der Waals surface area contributed by atoms with Gasteiger partial charge in [-0.05, 0) is 31.2 Å². The van der Waals surface area contributed by atoms with Crippen molar-refractivity contribution in [3.05, 3.63) is 29.3 Å². The Hall–Kier alpha value is -2.12. The molecule has 2 aliphatic heterocycles. The zero-order chi connectivity index (χ0) is 15.6. The third kappa shape index (κ3) is 2.89. The third-order valence-corrected chi connectivity index (χ3v) is 5.00. The highest BCUT2D eigenvalue weighted by Gasteiger charge is 2.21. The van der Waals surface area contributed by atoms with E-state index in [2.05, 4.69) is 10.3 Å². The Bertz CT molecular complexity index is 723. The molecular formula is C16H17N3O3S. The molecule has 7 heteroatoms. The van der Waals surface area contributed by atoms with Crippen molar-refractivity contribution in [3.8, 4) is 22.1 Å². The standard InChI is InChI=1S/C16H17N3O3S/c20-16(19-6-1-4-17-5-7-19)14-9-18-15(23-14)11-2-3-12-13(8-11)22-10-21-12/h2-3,8-9,17H,1,4-7,10H2. The molecule has 1 saturated heterocycles. The molecule has 1 fully saturated rings. The molecule has 23 heavy (non-hydrogen) atoms. The monoisotopic (exact) mass is 331 g/mol. The Labute approximate surface area is 138 Å². The number of fused-ring (bicyclic) bond motifs is 1. The molecule has 0 spiro atoms. The lowest BCUT2D eigenvalue weighted by atomic mass is 10.2. The van der Waals surface area contributed by atoms with E-state index < -0.39 is 0 Å². The number of rotatable bonds is 2. The van der Waals surface area contributed by atoms with Crippen molar-refractivity contribution in [2.45, 2.75) is 6.42 Å². The van der Waals surface area contributed by atoms with Gasteiger partial charge in [-0.3, -0.25) is 4.79 Å². The third-order valence-electron chi connectivity index (χ3n) is 3.96. The Balaban J connectivity index is 1.55. The van der Waals surface area contributed by atoms with E-state index in [1.165, 1.54) is 11.3 Å². The lowest BCUT2D eigenvalue weighted by molar-refractivity contribution is 0.0771. The summed E-state index contributed by atoms with van der Waals surface area (Å²) in [4.78, 5) is 19.6. The van der Waals surface area contributed by atoms with Crippen molar-refractivity contribution in [3.63, 3.8) is 0 Å². The molecule has 120 valence electrons. The lowest BCUT2D eigenvalue weighted by Gasteiger charge is -2.18. The number of benzene rings is 1. The fraction of sp³-hybridized carbons (Fsp3) is 0.375. The van der Waals surface area contributed by atoms with Crippen molar-refractivity contribution in [2.75, 3.05) is 33.0 Å². The Morgan fingerprint density at radius 3 is 3.09 bits per heavy atom. The van der Waals surface area contributed by atoms with Crippen molar-refractivity contribution < 1.29 is 14.3 Å². The smallest absolute Gasteiger partial charge is 0.265 e. The number of ether oxygens (including phenoxy) is 2. The van der Waals surface area contributed by atoms with E-state index in [9.17, 15) is 4.79 Å². The molecule has 1 N–H and O–H groups in total. The number of hydrogen-bond acceptors (Lipinski definition) is 6. The summed E-state index contributed by atoms with van der Waals surface area (Å²) in [5.74, 6) is 1.54. The second-order valence-corrected chi connectivity index (χ2v) is 6.52. The van der Waals surface area contributed by atoms with Crippen LogP contribution in [0.25, 0.3) is 10.6 Å². The second kappa shape index (κ2) is 6.17. The van der Waals surface area contributed by atoms with Gasteiger partial charge in [-0.25, -0.2) is 4.98 Å². The summed E-state index contributed by atoms with van der Waals surface area (Å²) in [6.07, 6.45) is 2.66. The molecule has 0 bridgehead atoms. The fourth-order valence-electron chi connectivity index (χ4n) is 2.74. The van der Waals surface area contributed by atoms with E-state index >= 15 is 0 Å². The van der Waals surface area contributed by atoms with Gasteiger partial charge in [-0.1, -0.05) is 0 Å². The van der Waals surface area contributed by atoms with Crippen LogP contribution < -0.4 is 14.8 Å². The molecule has 2 aromatic rings. The summed E-state index contributed by atoms with van der Waals surface area (Å²) in [5.41, 5.74) is 0.941. The molecule has 1 aromatic carbocycles. The first-order valence-electron chi connectivity index (χ1n) is 7.67. The van der Waals surface area contributed by atoms with Gasteiger partial charge in [0.05, 0.1) is 6.20 Å². The first-order valence-corrected chi connectivity index (χ1v) is 8.49. The van der Waals surface area contributed by atoms with Gasteiger partial charge in [0.25, 0.3) is 5.91 Å². The van der Waals surface area contributed by atoms with E-state index in [-0.39, 0.29) is 12.7 Å². The van der Waals surface area contributed by atoms with Gasteiger partial charge in [0, 0.05) is 25.2 Å². The second-order valence-electron chi connectivity index (χ2n) is 5.49. The molecule has 1 amide bonds. The summed E-state index contributed by atoms with van der Waals surface area (Å²) in [6, 6.07) is 5.72. The van der Waals surface area contributed by atoms with Gasteiger partial charge < -0.3 is 19.7 Å². The Kier molecular flexibility index (Phi) is 3.88. The number of thiazole rings is 1. The van der Waals surface area contributed by atoms with Gasteiger partial charge in [-0.2, -0.15) is 0 Å². The first-order chi connectivity index (χ1) is 11.3. The molecule has 6 nitrogen and oxygen atoms in total. The van der Waals surface area contributed by atoms with Crippen LogP contribution in [0.4, 0.5) is 0 Å². The maximum atomic E-state index is 12.6. The van der Waals surface area contributed by atoms with Crippen LogP contribution in [-0.2, 0) is 0 Å². The van der Waals surface area contributed by atoms with Crippen LogP contribution in [0, 0.1) is 0 Å². The zero-order valence-electron chi connectivity index (χ0n) is 12.6. The topological polar surface area (TPSA) is 63.7 Å². The summed E-state index contributed by atoms with van der Waals surface area (Å²) < 4.78 is 10.7. The number of carbonyl (C=O) groups excluding carboxylic acids is 1. The summed E-state index contributed by atoms with van der Waals surface area (Å²) in [7, 11) is 0. The van der Waals surface area contributed by atoms with Crippen LogP contribution in [0.3, 0.4) is 0 Å². The van der Waals surface area contributed by atoms with Crippen LogP contribution >= 0.6 is 11.3 Å². The highest BCUT2D eigenvalue weighted by atomic mass is 32.1. The van der Waals surface area contributed by atoms with Gasteiger partial charge in [0.1, 0.15) is 9.88 Å². The van der Waals surface area contributed by atoms with Gasteiger partial charge in [0.2, 0.25) is 6.79 Å². The maximum absolute atomic E-state index is 12.6. The number of nitrogens with one attached hydrogen (secondary N) is 1. The number of amides is 1. The van der Waals surface area contributed by atoms with Crippen LogP contribution in [0.5, 0.6) is 11.5 Å². The minimum atomic E-state index is 0.0678. The number of nitrogens with zero attached hydrogens (tertiary/aromatic N) is 2. The molecule has 1 aromatic heterocycles.